The summed E-state index contributed by atoms with van der Waals surface area (Å²) in [5.41, 5.74) is 0.111. The number of nitrogens with zero attached hydrogens (tertiary/aromatic N) is 1. The number of ketones is 1. The first-order valence-electron chi connectivity index (χ1n) is 4.88. The van der Waals surface area contributed by atoms with Crippen molar-refractivity contribution in [3.63, 3.8) is 0 Å². The molecule has 2 rings (SSSR count). The first-order valence-corrected chi connectivity index (χ1v) is 6.02. The molecule has 0 atom stereocenters. The molecule has 0 bridgehead atoms. The molecule has 0 saturated heterocycles. The lowest BCUT2D eigenvalue weighted by Crippen LogP contribution is -2.35. The van der Waals surface area contributed by atoms with Crippen LogP contribution in [0.25, 0.3) is 0 Å². The lowest BCUT2D eigenvalue weighted by Gasteiger charge is -2.06. The molecule has 18 heavy (non-hydrogen) atoms. The molecule has 0 aliphatic heterocycles. The highest BCUT2D eigenvalue weighted by atomic mass is 35.5. The largest absolute Gasteiger partial charge is 0.617 e. The van der Waals surface area contributed by atoms with Gasteiger partial charge in [0.15, 0.2) is 0 Å². The van der Waals surface area contributed by atoms with Gasteiger partial charge in [-0.25, -0.2) is 0 Å². The molecule has 0 fully saturated rings. The lowest BCUT2D eigenvalue weighted by atomic mass is 10.1. The summed E-state index contributed by atoms with van der Waals surface area (Å²) in [5.74, 6) is -0.505. The van der Waals surface area contributed by atoms with E-state index in [2.05, 4.69) is 0 Å². The highest BCUT2D eigenvalue weighted by Crippen LogP contribution is 2.23. The van der Waals surface area contributed by atoms with Gasteiger partial charge in [-0.3, -0.25) is 4.79 Å². The van der Waals surface area contributed by atoms with Crippen LogP contribution in [-0.4, -0.2) is 5.78 Å². The fraction of sp³-hybridized carbons (Fsp3) is 0. The van der Waals surface area contributed by atoms with Gasteiger partial charge in [-0.15, -0.1) is 0 Å². The molecule has 0 amide bonds. The van der Waals surface area contributed by atoms with Crippen LogP contribution < -0.4 is 4.73 Å². The number of aromatic nitrogens is 1. The number of pyridine rings is 1. The summed E-state index contributed by atoms with van der Waals surface area (Å²) >= 11 is 17.3. The van der Waals surface area contributed by atoms with Gasteiger partial charge >= 0.3 is 0 Å². The average molecular weight is 303 g/mol. The molecule has 6 heteroatoms. The summed E-state index contributed by atoms with van der Waals surface area (Å²) in [6, 6.07) is 8.74. The van der Waals surface area contributed by atoms with Gasteiger partial charge in [0.1, 0.15) is 0 Å². The summed E-state index contributed by atoms with van der Waals surface area (Å²) in [4.78, 5) is 12.1. The quantitative estimate of drug-likeness (QED) is 0.369. The Balaban J connectivity index is 2.51. The highest BCUT2D eigenvalue weighted by molar-refractivity contribution is 6.37. The maximum absolute atomic E-state index is 12.1. The molecule has 3 nitrogen and oxygen atoms in total. The summed E-state index contributed by atoms with van der Waals surface area (Å²) < 4.78 is 0.356. The van der Waals surface area contributed by atoms with Crippen molar-refractivity contribution in [2.75, 3.05) is 0 Å². The maximum Gasteiger partial charge on any atom is 0.286 e. The van der Waals surface area contributed by atoms with Gasteiger partial charge in [-0.2, -0.15) is 4.73 Å². The fourth-order valence-electron chi connectivity index (χ4n) is 1.45. The molecule has 1 aromatic heterocycles. The summed E-state index contributed by atoms with van der Waals surface area (Å²) in [6.07, 6.45) is 0. The van der Waals surface area contributed by atoms with Gasteiger partial charge in [0.05, 0.1) is 5.02 Å². The topological polar surface area (TPSA) is 44.0 Å². The Morgan fingerprint density at radius 2 is 1.83 bits per heavy atom. The van der Waals surface area contributed by atoms with Crippen LogP contribution in [0, 0.1) is 5.21 Å². The summed E-state index contributed by atoms with van der Waals surface area (Å²) in [7, 11) is 0. The third-order valence-electron chi connectivity index (χ3n) is 2.31. The Kier molecular flexibility index (Phi) is 3.76. The minimum atomic E-state index is -0.505. The van der Waals surface area contributed by atoms with Crippen molar-refractivity contribution >= 4 is 40.6 Å². The third-order valence-corrected chi connectivity index (χ3v) is 3.14. The van der Waals surface area contributed by atoms with E-state index in [9.17, 15) is 10.0 Å². The first-order chi connectivity index (χ1) is 8.50. The highest BCUT2D eigenvalue weighted by Gasteiger charge is 2.22. The average Bonchev–Trinajstić information content (AvgIpc) is 2.32. The molecule has 1 heterocycles. The van der Waals surface area contributed by atoms with Gasteiger partial charge in [-0.1, -0.05) is 23.2 Å². The number of hydrogen-bond donors (Lipinski definition) is 0. The normalized spacial score (nSPS) is 10.4. The summed E-state index contributed by atoms with van der Waals surface area (Å²) in [5, 5.41) is 12.2. The Morgan fingerprint density at radius 3 is 2.50 bits per heavy atom. The number of carbonyl (C=O) groups excluding carboxylic acids is 1. The van der Waals surface area contributed by atoms with E-state index in [1.165, 1.54) is 36.4 Å². The lowest BCUT2D eigenvalue weighted by molar-refractivity contribution is -0.605. The SMILES string of the molecule is O=C(c1ccc(Cl)cc1Cl)c1cccc(Cl)[n+]1[O-]. The van der Waals surface area contributed by atoms with Crippen LogP contribution in [0.5, 0.6) is 0 Å². The van der Waals surface area contributed by atoms with Crippen molar-refractivity contribution in [3.05, 3.63) is 68.1 Å². The van der Waals surface area contributed by atoms with Crippen molar-refractivity contribution in [2.45, 2.75) is 0 Å². The number of carbonyl (C=O) groups is 1. The van der Waals surface area contributed by atoms with Crippen molar-refractivity contribution in [1.82, 2.24) is 0 Å². The second-order valence-electron chi connectivity index (χ2n) is 3.48. The number of rotatable bonds is 2. The molecule has 92 valence electrons. The van der Waals surface area contributed by atoms with Crippen LogP contribution in [0.1, 0.15) is 16.1 Å². The minimum Gasteiger partial charge on any atom is -0.617 e. The van der Waals surface area contributed by atoms with Crippen LogP contribution >= 0.6 is 34.8 Å². The molecule has 0 unspecified atom stereocenters. The van der Waals surface area contributed by atoms with Gasteiger partial charge in [0.25, 0.3) is 16.6 Å². The van der Waals surface area contributed by atoms with Crippen molar-refractivity contribution in [3.8, 4) is 0 Å². The van der Waals surface area contributed by atoms with Gasteiger partial charge in [-0.05, 0) is 35.9 Å². The molecule has 1 aromatic carbocycles. The van der Waals surface area contributed by atoms with Crippen LogP contribution in [0.2, 0.25) is 15.2 Å². The van der Waals surface area contributed by atoms with Crippen molar-refractivity contribution < 1.29 is 9.52 Å². The van der Waals surface area contributed by atoms with E-state index in [1.54, 1.807) is 0 Å². The van der Waals surface area contributed by atoms with E-state index in [4.69, 9.17) is 34.8 Å². The zero-order chi connectivity index (χ0) is 13.3. The molecule has 2 aromatic rings. The molecular formula is C12H6Cl3NO2. The number of hydrogen-bond acceptors (Lipinski definition) is 2. The molecule has 0 spiro atoms. The smallest absolute Gasteiger partial charge is 0.286 e. The van der Waals surface area contributed by atoms with E-state index in [-0.39, 0.29) is 21.4 Å². The van der Waals surface area contributed by atoms with Crippen LogP contribution in [0.15, 0.2) is 36.4 Å². The fourth-order valence-corrected chi connectivity index (χ4v) is 2.11. The summed E-state index contributed by atoms with van der Waals surface area (Å²) in [6.45, 7) is 0. The second-order valence-corrected chi connectivity index (χ2v) is 4.71. The van der Waals surface area contributed by atoms with E-state index < -0.39 is 5.78 Å². The van der Waals surface area contributed by atoms with Crippen molar-refractivity contribution in [2.24, 2.45) is 0 Å². The Labute approximate surface area is 118 Å². The predicted molar refractivity (Wildman–Crippen MR) is 70.3 cm³/mol. The van der Waals surface area contributed by atoms with Crippen LogP contribution in [-0.2, 0) is 0 Å². The van der Waals surface area contributed by atoms with Crippen molar-refractivity contribution in [1.29, 1.82) is 0 Å². The Morgan fingerprint density at radius 1 is 1.11 bits per heavy atom. The zero-order valence-electron chi connectivity index (χ0n) is 8.86. The molecular weight excluding hydrogens is 296 g/mol. The van der Waals surface area contributed by atoms with E-state index in [0.717, 1.165) is 0 Å². The Hall–Kier alpha value is -1.29. The zero-order valence-corrected chi connectivity index (χ0v) is 11.1. The predicted octanol–water partition coefficient (Wildman–Crippen LogP) is 3.51. The standard InChI is InChI=1S/C12H6Cl3NO2/c13-7-4-5-8(9(14)6-7)12(17)10-2-1-3-11(15)16(10)18/h1-6H. The molecule has 0 saturated carbocycles. The van der Waals surface area contributed by atoms with E-state index >= 15 is 0 Å². The molecule has 0 radical (unpaired) electrons. The maximum atomic E-state index is 12.1. The van der Waals surface area contributed by atoms with E-state index in [0.29, 0.717) is 9.75 Å². The van der Waals surface area contributed by atoms with Gasteiger partial charge in [0.2, 0.25) is 0 Å². The Bertz CT molecular complexity index is 629. The molecule has 0 N–H and O–H groups in total. The molecule has 0 aliphatic rings. The van der Waals surface area contributed by atoms with Crippen LogP contribution in [0.3, 0.4) is 0 Å². The van der Waals surface area contributed by atoms with Gasteiger partial charge < -0.3 is 5.21 Å². The second kappa shape index (κ2) is 5.14. The van der Waals surface area contributed by atoms with Crippen LogP contribution in [0.4, 0.5) is 0 Å². The third kappa shape index (κ3) is 2.43. The monoisotopic (exact) mass is 301 g/mol. The van der Waals surface area contributed by atoms with E-state index in [1.807, 2.05) is 0 Å². The van der Waals surface area contributed by atoms with Gasteiger partial charge in [0, 0.05) is 22.7 Å². The first kappa shape index (κ1) is 13.1. The number of halogens is 3. The molecule has 0 aliphatic carbocycles. The number of benzene rings is 1. The minimum absolute atomic E-state index is 0.0778.